The van der Waals surface area contributed by atoms with Crippen molar-refractivity contribution in [2.75, 3.05) is 11.9 Å². The lowest BCUT2D eigenvalue weighted by molar-refractivity contribution is -0.122. The Bertz CT molecular complexity index is 926. The average molecular weight is 466 g/mol. The second-order valence-electron chi connectivity index (χ2n) is 5.86. The zero-order valence-electron chi connectivity index (χ0n) is 14.4. The van der Waals surface area contributed by atoms with Gasteiger partial charge in [0.05, 0.1) is 4.91 Å². The number of hydrogen-bond acceptors (Lipinski definition) is 6. The van der Waals surface area contributed by atoms with E-state index in [0.717, 1.165) is 10.0 Å². The van der Waals surface area contributed by atoms with Crippen LogP contribution in [0.3, 0.4) is 0 Å². The van der Waals surface area contributed by atoms with Gasteiger partial charge in [0.15, 0.2) is 5.82 Å². The van der Waals surface area contributed by atoms with Crippen molar-refractivity contribution in [1.29, 1.82) is 0 Å². The van der Waals surface area contributed by atoms with Crippen molar-refractivity contribution in [3.8, 4) is 0 Å². The van der Waals surface area contributed by atoms with E-state index < -0.39 is 0 Å². The van der Waals surface area contributed by atoms with E-state index in [-0.39, 0.29) is 18.2 Å². The van der Waals surface area contributed by atoms with Crippen molar-refractivity contribution in [1.82, 2.24) is 10.1 Å². The van der Waals surface area contributed by atoms with Crippen LogP contribution in [-0.2, 0) is 9.59 Å². The molecule has 1 aromatic heterocycles. The highest BCUT2D eigenvalue weighted by molar-refractivity contribution is 9.10. The summed E-state index contributed by atoms with van der Waals surface area (Å²) in [5.41, 5.74) is 0.923. The molecule has 0 atom stereocenters. The number of aryl methyl sites for hydroxylation is 1. The van der Waals surface area contributed by atoms with E-state index in [1.165, 1.54) is 16.7 Å². The molecule has 6 nitrogen and oxygen atoms in total. The van der Waals surface area contributed by atoms with E-state index in [2.05, 4.69) is 26.4 Å². The summed E-state index contributed by atoms with van der Waals surface area (Å²) in [5.74, 6) is 0.705. The van der Waals surface area contributed by atoms with Crippen LogP contribution < -0.4 is 5.32 Å². The molecule has 2 amide bonds. The minimum Gasteiger partial charge on any atom is -0.360 e. The fourth-order valence-electron chi connectivity index (χ4n) is 2.47. The zero-order chi connectivity index (χ0) is 19.4. The highest BCUT2D eigenvalue weighted by atomic mass is 79.9. The van der Waals surface area contributed by atoms with Gasteiger partial charge >= 0.3 is 0 Å². The lowest BCUT2D eigenvalue weighted by atomic mass is 10.2. The maximum absolute atomic E-state index is 12.6. The predicted molar refractivity (Wildman–Crippen MR) is 113 cm³/mol. The van der Waals surface area contributed by atoms with Gasteiger partial charge in [-0.25, -0.2) is 0 Å². The van der Waals surface area contributed by atoms with Gasteiger partial charge in [-0.1, -0.05) is 57.2 Å². The van der Waals surface area contributed by atoms with Gasteiger partial charge in [-0.2, -0.15) is 0 Å². The summed E-state index contributed by atoms with van der Waals surface area (Å²) in [7, 11) is 0. The number of carbonyl (C=O) groups is 2. The van der Waals surface area contributed by atoms with Crippen LogP contribution in [0.2, 0.25) is 0 Å². The Labute approximate surface area is 174 Å². The van der Waals surface area contributed by atoms with Crippen LogP contribution in [0.15, 0.2) is 44.2 Å². The lowest BCUT2D eigenvalue weighted by Gasteiger charge is -2.13. The Morgan fingerprint density at radius 1 is 1.44 bits per heavy atom. The lowest BCUT2D eigenvalue weighted by Crippen LogP contribution is -2.29. The van der Waals surface area contributed by atoms with Crippen LogP contribution in [0.1, 0.15) is 24.2 Å². The maximum atomic E-state index is 12.6. The fraction of sp³-hybridized carbons (Fsp3) is 0.222. The summed E-state index contributed by atoms with van der Waals surface area (Å²) in [6, 6.07) is 9.34. The molecule has 0 spiro atoms. The number of amides is 2. The molecule has 0 radical (unpaired) electrons. The third-order valence-electron chi connectivity index (χ3n) is 3.70. The van der Waals surface area contributed by atoms with Crippen molar-refractivity contribution in [3.63, 3.8) is 0 Å². The van der Waals surface area contributed by atoms with E-state index in [0.29, 0.717) is 33.8 Å². The van der Waals surface area contributed by atoms with E-state index in [1.807, 2.05) is 30.3 Å². The van der Waals surface area contributed by atoms with Gasteiger partial charge in [0.25, 0.3) is 5.91 Å². The Kier molecular flexibility index (Phi) is 6.46. The van der Waals surface area contributed by atoms with Gasteiger partial charge in [0, 0.05) is 23.5 Å². The van der Waals surface area contributed by atoms with Crippen molar-refractivity contribution in [3.05, 3.63) is 51.0 Å². The molecule has 9 heteroatoms. The van der Waals surface area contributed by atoms with Gasteiger partial charge in [0.2, 0.25) is 5.91 Å². The number of halogens is 1. The van der Waals surface area contributed by atoms with Crippen molar-refractivity contribution >= 4 is 67.9 Å². The van der Waals surface area contributed by atoms with Crippen molar-refractivity contribution < 1.29 is 14.1 Å². The van der Waals surface area contributed by atoms with E-state index >= 15 is 0 Å². The Balaban J connectivity index is 1.54. The van der Waals surface area contributed by atoms with Crippen LogP contribution in [0.4, 0.5) is 5.82 Å². The number of anilines is 1. The average Bonchev–Trinajstić information content (AvgIpc) is 3.12. The maximum Gasteiger partial charge on any atom is 0.266 e. The number of rotatable bonds is 6. The monoisotopic (exact) mass is 465 g/mol. The normalized spacial score (nSPS) is 15.6. The second-order valence-corrected chi connectivity index (χ2v) is 8.45. The van der Waals surface area contributed by atoms with Crippen LogP contribution in [0.25, 0.3) is 6.08 Å². The largest absolute Gasteiger partial charge is 0.360 e. The molecule has 1 saturated heterocycles. The molecule has 1 fully saturated rings. The smallest absolute Gasteiger partial charge is 0.266 e. The molecule has 1 aliphatic heterocycles. The van der Waals surface area contributed by atoms with Crippen LogP contribution in [0.5, 0.6) is 0 Å². The summed E-state index contributed by atoms with van der Waals surface area (Å²) in [4.78, 5) is 26.7. The number of thioether (sulfide) groups is 1. The second kappa shape index (κ2) is 8.81. The number of nitrogens with one attached hydrogen (secondary N) is 1. The molecule has 27 heavy (non-hydrogen) atoms. The molecule has 0 aliphatic carbocycles. The summed E-state index contributed by atoms with van der Waals surface area (Å²) in [5, 5.41) is 6.37. The third kappa shape index (κ3) is 5.27. The standard InChI is InChI=1S/C18H16BrN3O3S2/c1-11-8-15(21-25-11)20-16(23)6-3-7-22-17(24)14(27-18(22)26)10-12-4-2-5-13(19)9-12/h2,4-5,8-10H,3,6-7H2,1H3,(H,20,21,23)/b14-10-. The molecule has 0 saturated carbocycles. The number of benzene rings is 1. The first kappa shape index (κ1) is 19.8. The first-order valence-electron chi connectivity index (χ1n) is 8.16. The molecule has 2 heterocycles. The van der Waals surface area contributed by atoms with Crippen LogP contribution in [0, 0.1) is 6.92 Å². The van der Waals surface area contributed by atoms with Gasteiger partial charge in [-0.15, -0.1) is 0 Å². The number of carbonyl (C=O) groups excluding carboxylic acids is 2. The summed E-state index contributed by atoms with van der Waals surface area (Å²) in [6.07, 6.45) is 2.58. The SMILES string of the molecule is Cc1cc(NC(=O)CCCN2C(=O)/C(=C/c3cccc(Br)c3)SC2=S)no1. The number of nitrogens with zero attached hydrogens (tertiary/aromatic N) is 2. The zero-order valence-corrected chi connectivity index (χ0v) is 17.6. The quantitative estimate of drug-likeness (QED) is 0.504. The summed E-state index contributed by atoms with van der Waals surface area (Å²) >= 11 is 10.0. The fourth-order valence-corrected chi connectivity index (χ4v) is 4.19. The molecule has 1 N–H and O–H groups in total. The molecule has 2 aromatic rings. The van der Waals surface area contributed by atoms with Gasteiger partial charge in [-0.05, 0) is 37.1 Å². The molecular weight excluding hydrogens is 450 g/mol. The first-order chi connectivity index (χ1) is 12.9. The predicted octanol–water partition coefficient (Wildman–Crippen LogP) is 4.37. The van der Waals surface area contributed by atoms with Gasteiger partial charge in [-0.3, -0.25) is 14.5 Å². The van der Waals surface area contributed by atoms with Gasteiger partial charge in [0.1, 0.15) is 10.1 Å². The highest BCUT2D eigenvalue weighted by Gasteiger charge is 2.31. The van der Waals surface area contributed by atoms with Crippen LogP contribution >= 0.6 is 39.9 Å². The Morgan fingerprint density at radius 3 is 2.96 bits per heavy atom. The minimum atomic E-state index is -0.182. The van der Waals surface area contributed by atoms with E-state index in [9.17, 15) is 9.59 Å². The Hall–Kier alpha value is -1.97. The number of thiocarbonyl (C=S) groups is 1. The number of aromatic nitrogens is 1. The molecule has 0 unspecified atom stereocenters. The summed E-state index contributed by atoms with van der Waals surface area (Å²) < 4.78 is 6.35. The molecular formula is C18H16BrN3O3S2. The van der Waals surface area contributed by atoms with Gasteiger partial charge < -0.3 is 9.84 Å². The highest BCUT2D eigenvalue weighted by Crippen LogP contribution is 2.33. The Morgan fingerprint density at radius 2 is 2.26 bits per heavy atom. The minimum absolute atomic E-state index is 0.127. The van der Waals surface area contributed by atoms with Crippen molar-refractivity contribution in [2.45, 2.75) is 19.8 Å². The topological polar surface area (TPSA) is 75.4 Å². The summed E-state index contributed by atoms with van der Waals surface area (Å²) in [6.45, 7) is 2.14. The van der Waals surface area contributed by atoms with Crippen LogP contribution in [-0.4, -0.2) is 32.7 Å². The molecule has 140 valence electrons. The number of hydrogen-bond donors (Lipinski definition) is 1. The van der Waals surface area contributed by atoms with Crippen molar-refractivity contribution in [2.24, 2.45) is 0 Å². The molecule has 1 aliphatic rings. The van der Waals surface area contributed by atoms with E-state index in [1.54, 1.807) is 13.0 Å². The molecule has 0 bridgehead atoms. The molecule has 1 aromatic carbocycles. The third-order valence-corrected chi connectivity index (χ3v) is 5.57. The molecule has 3 rings (SSSR count). The van der Waals surface area contributed by atoms with E-state index in [4.69, 9.17) is 16.7 Å². The first-order valence-corrected chi connectivity index (χ1v) is 10.2.